The number of hydrogen-bond acceptors (Lipinski definition) is 4. The Morgan fingerprint density at radius 3 is 1.93 bits per heavy atom. The minimum atomic E-state index is -0.352. The van der Waals surface area contributed by atoms with E-state index in [4.69, 9.17) is 0 Å². The zero-order valence-corrected chi connectivity index (χ0v) is 15.7. The van der Waals surface area contributed by atoms with Gasteiger partial charge in [-0.25, -0.2) is 5.43 Å². The lowest BCUT2D eigenvalue weighted by Crippen LogP contribution is -2.27. The molecule has 2 amide bonds. The molecule has 0 heterocycles. The van der Waals surface area contributed by atoms with Crippen molar-refractivity contribution in [1.82, 2.24) is 5.43 Å². The van der Waals surface area contributed by atoms with Crippen LogP contribution >= 0.6 is 0 Å². The third-order valence-electron chi connectivity index (χ3n) is 4.14. The molecule has 0 fully saturated rings. The van der Waals surface area contributed by atoms with Gasteiger partial charge in [0.15, 0.2) is 0 Å². The molecular weight excluding hydrogens is 366 g/mol. The Bertz CT molecular complexity index is 932. The summed E-state index contributed by atoms with van der Waals surface area (Å²) in [4.78, 5) is 26.5. The quantitative estimate of drug-likeness (QED) is 0.475. The minimum absolute atomic E-state index is 0.0158. The summed E-state index contributed by atoms with van der Waals surface area (Å²) in [5.74, 6) is -0.374. The van der Waals surface area contributed by atoms with Gasteiger partial charge in [-0.2, -0.15) is 5.10 Å². The lowest BCUT2D eigenvalue weighted by molar-refractivity contribution is -0.124. The summed E-state index contributed by atoms with van der Waals surface area (Å²) in [5.41, 5.74) is 4.64. The van der Waals surface area contributed by atoms with Crippen molar-refractivity contribution < 1.29 is 14.7 Å². The van der Waals surface area contributed by atoms with E-state index in [0.717, 1.165) is 16.9 Å². The smallest absolute Gasteiger partial charge is 0.240 e. The SMILES string of the molecule is O=C(CCC(=O)N(c1ccccc1)c1ccccc1)N/N=C/c1ccc(O)cc1. The Labute approximate surface area is 169 Å². The lowest BCUT2D eigenvalue weighted by atomic mass is 10.2. The number of carbonyl (C=O) groups is 2. The summed E-state index contributed by atoms with van der Waals surface area (Å²) in [6.45, 7) is 0. The van der Waals surface area contributed by atoms with Crippen LogP contribution in [0.15, 0.2) is 90.0 Å². The first kappa shape index (κ1) is 19.8. The summed E-state index contributed by atoms with van der Waals surface area (Å²) < 4.78 is 0. The number of nitrogens with one attached hydrogen (secondary N) is 1. The predicted octanol–water partition coefficient (Wildman–Crippen LogP) is 3.99. The Hall–Kier alpha value is -3.93. The van der Waals surface area contributed by atoms with Gasteiger partial charge in [0.05, 0.1) is 6.21 Å². The number of nitrogens with zero attached hydrogens (tertiary/aromatic N) is 2. The van der Waals surface area contributed by atoms with Gasteiger partial charge in [-0.05, 0) is 54.1 Å². The van der Waals surface area contributed by atoms with E-state index in [1.54, 1.807) is 17.0 Å². The van der Waals surface area contributed by atoms with E-state index in [1.165, 1.54) is 18.3 Å². The Balaban J connectivity index is 1.60. The van der Waals surface area contributed by atoms with Crippen LogP contribution in [0.3, 0.4) is 0 Å². The number of carbonyl (C=O) groups excluding carboxylic acids is 2. The van der Waals surface area contributed by atoms with Crippen LogP contribution in [-0.4, -0.2) is 23.1 Å². The molecule has 146 valence electrons. The van der Waals surface area contributed by atoms with Crippen LogP contribution in [0.2, 0.25) is 0 Å². The second-order valence-corrected chi connectivity index (χ2v) is 6.28. The number of hydrazone groups is 1. The van der Waals surface area contributed by atoms with Crippen LogP contribution in [0.25, 0.3) is 0 Å². The summed E-state index contributed by atoms with van der Waals surface area (Å²) in [7, 11) is 0. The van der Waals surface area contributed by atoms with Crippen molar-refractivity contribution in [1.29, 1.82) is 0 Å². The highest BCUT2D eigenvalue weighted by Gasteiger charge is 2.18. The van der Waals surface area contributed by atoms with Gasteiger partial charge in [0, 0.05) is 24.2 Å². The fraction of sp³-hybridized carbons (Fsp3) is 0.0870. The van der Waals surface area contributed by atoms with Crippen molar-refractivity contribution in [3.8, 4) is 5.75 Å². The molecule has 0 aliphatic rings. The van der Waals surface area contributed by atoms with Gasteiger partial charge < -0.3 is 5.11 Å². The van der Waals surface area contributed by atoms with Crippen molar-refractivity contribution in [3.05, 3.63) is 90.5 Å². The molecule has 0 aromatic heterocycles. The second kappa shape index (κ2) is 9.85. The Kier molecular flexibility index (Phi) is 6.73. The molecule has 29 heavy (non-hydrogen) atoms. The van der Waals surface area contributed by atoms with E-state index in [0.29, 0.717) is 0 Å². The van der Waals surface area contributed by atoms with Crippen LogP contribution < -0.4 is 10.3 Å². The molecule has 0 saturated carbocycles. The number of anilines is 2. The number of phenols is 1. The predicted molar refractivity (Wildman–Crippen MR) is 113 cm³/mol. The van der Waals surface area contributed by atoms with Crippen molar-refractivity contribution in [2.45, 2.75) is 12.8 Å². The monoisotopic (exact) mass is 387 g/mol. The van der Waals surface area contributed by atoms with Crippen LogP contribution in [0.1, 0.15) is 18.4 Å². The molecule has 0 aliphatic carbocycles. The molecule has 3 aromatic rings. The van der Waals surface area contributed by atoms with Crippen LogP contribution in [0, 0.1) is 0 Å². The maximum absolute atomic E-state index is 12.9. The molecule has 3 rings (SSSR count). The summed E-state index contributed by atoms with van der Waals surface area (Å²) >= 11 is 0. The number of para-hydroxylation sites is 2. The molecule has 0 bridgehead atoms. The van der Waals surface area contributed by atoms with Crippen molar-refractivity contribution in [2.75, 3.05) is 4.90 Å². The van der Waals surface area contributed by atoms with E-state index in [-0.39, 0.29) is 30.4 Å². The lowest BCUT2D eigenvalue weighted by Gasteiger charge is -2.23. The molecule has 3 aromatic carbocycles. The van der Waals surface area contributed by atoms with Gasteiger partial charge in [-0.1, -0.05) is 36.4 Å². The summed E-state index contributed by atoms with van der Waals surface area (Å²) in [5, 5.41) is 13.1. The molecule has 0 atom stereocenters. The zero-order valence-electron chi connectivity index (χ0n) is 15.7. The molecule has 2 N–H and O–H groups in total. The van der Waals surface area contributed by atoms with Gasteiger partial charge in [-0.15, -0.1) is 0 Å². The highest BCUT2D eigenvalue weighted by atomic mass is 16.3. The largest absolute Gasteiger partial charge is 0.508 e. The first-order chi connectivity index (χ1) is 14.1. The van der Waals surface area contributed by atoms with E-state index >= 15 is 0 Å². The number of benzene rings is 3. The zero-order chi connectivity index (χ0) is 20.5. The maximum atomic E-state index is 12.9. The highest BCUT2D eigenvalue weighted by Crippen LogP contribution is 2.26. The van der Waals surface area contributed by atoms with Gasteiger partial charge >= 0.3 is 0 Å². The van der Waals surface area contributed by atoms with E-state index < -0.39 is 0 Å². The molecule has 6 heteroatoms. The third-order valence-corrected chi connectivity index (χ3v) is 4.14. The Morgan fingerprint density at radius 2 is 1.38 bits per heavy atom. The first-order valence-electron chi connectivity index (χ1n) is 9.17. The number of amides is 2. The van der Waals surface area contributed by atoms with Crippen molar-refractivity contribution in [3.63, 3.8) is 0 Å². The fourth-order valence-corrected chi connectivity index (χ4v) is 2.72. The van der Waals surface area contributed by atoms with E-state index in [9.17, 15) is 14.7 Å². The number of hydrogen-bond donors (Lipinski definition) is 2. The molecule has 0 saturated heterocycles. The summed E-state index contributed by atoms with van der Waals surface area (Å²) in [6, 6.07) is 25.1. The molecule has 0 unspecified atom stereocenters. The number of rotatable bonds is 7. The van der Waals surface area contributed by atoms with Gasteiger partial charge in [-0.3, -0.25) is 14.5 Å². The average molecular weight is 387 g/mol. The molecule has 0 spiro atoms. The van der Waals surface area contributed by atoms with Crippen molar-refractivity contribution >= 4 is 29.4 Å². The summed E-state index contributed by atoms with van der Waals surface area (Å²) in [6.07, 6.45) is 1.53. The van der Waals surface area contributed by atoms with E-state index in [1.807, 2.05) is 60.7 Å². The molecule has 6 nitrogen and oxygen atoms in total. The topological polar surface area (TPSA) is 82.0 Å². The van der Waals surface area contributed by atoms with E-state index in [2.05, 4.69) is 10.5 Å². The molecule has 0 radical (unpaired) electrons. The molecular formula is C23H21N3O3. The Morgan fingerprint density at radius 1 is 0.828 bits per heavy atom. The van der Waals surface area contributed by atoms with Gasteiger partial charge in [0.1, 0.15) is 5.75 Å². The number of aromatic hydroxyl groups is 1. The maximum Gasteiger partial charge on any atom is 0.240 e. The first-order valence-corrected chi connectivity index (χ1v) is 9.17. The normalized spacial score (nSPS) is 10.6. The van der Waals surface area contributed by atoms with Crippen LogP contribution in [0.4, 0.5) is 11.4 Å². The van der Waals surface area contributed by atoms with Crippen LogP contribution in [-0.2, 0) is 9.59 Å². The van der Waals surface area contributed by atoms with Crippen molar-refractivity contribution in [2.24, 2.45) is 5.10 Å². The number of phenolic OH excluding ortho intramolecular Hbond substituents is 1. The highest BCUT2D eigenvalue weighted by molar-refractivity contribution is 6.01. The van der Waals surface area contributed by atoms with Gasteiger partial charge in [0.2, 0.25) is 11.8 Å². The van der Waals surface area contributed by atoms with Crippen LogP contribution in [0.5, 0.6) is 5.75 Å². The minimum Gasteiger partial charge on any atom is -0.508 e. The fourth-order valence-electron chi connectivity index (χ4n) is 2.72. The van der Waals surface area contributed by atoms with Gasteiger partial charge in [0.25, 0.3) is 0 Å². The molecule has 0 aliphatic heterocycles. The second-order valence-electron chi connectivity index (χ2n) is 6.28. The third kappa shape index (κ3) is 5.77. The standard InChI is InChI=1S/C23H21N3O3/c27-21-13-11-18(12-14-21)17-24-25-22(28)15-16-23(29)26(19-7-3-1-4-8-19)20-9-5-2-6-10-20/h1-14,17,27H,15-16H2,(H,25,28)/b24-17+. The average Bonchev–Trinajstić information content (AvgIpc) is 2.75.